The summed E-state index contributed by atoms with van der Waals surface area (Å²) in [5, 5.41) is 9.01. The fourth-order valence-corrected chi connectivity index (χ4v) is 2.82. The predicted molar refractivity (Wildman–Crippen MR) is 82.8 cm³/mol. The Morgan fingerprint density at radius 3 is 2.55 bits per heavy atom. The van der Waals surface area contributed by atoms with Crippen molar-refractivity contribution >= 4 is 10.0 Å². The average Bonchev–Trinajstić information content (AvgIpc) is 2.53. The van der Waals surface area contributed by atoms with Crippen LogP contribution in [0.25, 0.3) is 0 Å². The van der Waals surface area contributed by atoms with Crippen molar-refractivity contribution in [3.63, 3.8) is 0 Å². The molecular weight excluding hydrogens is 300 g/mol. The Labute approximate surface area is 130 Å². The fraction of sp³-hybridized carbons (Fsp3) is 0.188. The lowest BCUT2D eigenvalue weighted by Gasteiger charge is -2.13. The zero-order valence-corrected chi connectivity index (χ0v) is 13.2. The zero-order valence-electron chi connectivity index (χ0n) is 12.4. The second kappa shape index (κ2) is 6.60. The maximum atomic E-state index is 12.1. The molecule has 114 valence electrons. The third kappa shape index (κ3) is 3.45. The highest BCUT2D eigenvalue weighted by Gasteiger charge is 2.17. The van der Waals surface area contributed by atoms with Crippen molar-refractivity contribution in [2.45, 2.75) is 11.5 Å². The topological polar surface area (TPSA) is 70.4 Å². The van der Waals surface area contributed by atoms with E-state index in [4.69, 9.17) is 10.00 Å². The van der Waals surface area contributed by atoms with Crippen molar-refractivity contribution in [3.05, 3.63) is 59.7 Å². The van der Waals surface area contributed by atoms with E-state index in [0.717, 1.165) is 9.87 Å². The highest BCUT2D eigenvalue weighted by molar-refractivity contribution is 7.89. The summed E-state index contributed by atoms with van der Waals surface area (Å²) in [6.45, 7) is 0.190. The Hall–Kier alpha value is -2.36. The van der Waals surface area contributed by atoms with E-state index in [2.05, 4.69) is 6.07 Å². The van der Waals surface area contributed by atoms with Gasteiger partial charge in [0.15, 0.2) is 0 Å². The van der Waals surface area contributed by atoms with Gasteiger partial charge in [-0.1, -0.05) is 24.3 Å². The molecule has 0 aromatic heterocycles. The van der Waals surface area contributed by atoms with Crippen molar-refractivity contribution in [3.8, 4) is 11.8 Å². The first-order chi connectivity index (χ1) is 10.4. The Balaban J connectivity index is 2.20. The van der Waals surface area contributed by atoms with Crippen LogP contribution in [0.1, 0.15) is 11.1 Å². The van der Waals surface area contributed by atoms with E-state index in [1.165, 1.54) is 14.1 Å². The van der Waals surface area contributed by atoms with Crippen LogP contribution in [0.2, 0.25) is 0 Å². The van der Waals surface area contributed by atoms with Crippen LogP contribution in [0.4, 0.5) is 0 Å². The molecule has 5 nitrogen and oxygen atoms in total. The minimum absolute atomic E-state index is 0.190. The number of hydrogen-bond acceptors (Lipinski definition) is 4. The fourth-order valence-electron chi connectivity index (χ4n) is 1.85. The second-order valence-electron chi connectivity index (χ2n) is 4.83. The molecule has 0 saturated carbocycles. The average molecular weight is 316 g/mol. The van der Waals surface area contributed by atoms with Gasteiger partial charge in [0, 0.05) is 14.1 Å². The molecule has 6 heteroatoms. The van der Waals surface area contributed by atoms with Gasteiger partial charge in [0.1, 0.15) is 18.4 Å². The summed E-state index contributed by atoms with van der Waals surface area (Å²) in [6.07, 6.45) is 0. The van der Waals surface area contributed by atoms with E-state index < -0.39 is 10.0 Å². The van der Waals surface area contributed by atoms with E-state index in [0.29, 0.717) is 11.3 Å². The van der Waals surface area contributed by atoms with Gasteiger partial charge in [-0.2, -0.15) is 5.26 Å². The molecule has 0 aliphatic rings. The molecule has 0 heterocycles. The highest BCUT2D eigenvalue weighted by Crippen LogP contribution is 2.20. The summed E-state index contributed by atoms with van der Waals surface area (Å²) >= 11 is 0. The molecule has 2 aromatic rings. The van der Waals surface area contributed by atoms with E-state index in [9.17, 15) is 8.42 Å². The molecule has 0 saturated heterocycles. The lowest BCUT2D eigenvalue weighted by atomic mass is 10.2. The molecule has 2 rings (SSSR count). The Morgan fingerprint density at radius 1 is 1.14 bits per heavy atom. The summed E-state index contributed by atoms with van der Waals surface area (Å²) < 4.78 is 31.0. The number of para-hydroxylation sites is 1. The largest absolute Gasteiger partial charge is 0.488 e. The number of hydrogen-bond donors (Lipinski definition) is 0. The van der Waals surface area contributed by atoms with Gasteiger partial charge in [-0.25, -0.2) is 12.7 Å². The third-order valence-corrected chi connectivity index (χ3v) is 4.89. The predicted octanol–water partition coefficient (Wildman–Crippen LogP) is 2.39. The van der Waals surface area contributed by atoms with E-state index in [1.807, 2.05) is 0 Å². The SMILES string of the molecule is CN(C)S(=O)(=O)c1cccc(COc2ccccc2C#N)c1. The molecule has 22 heavy (non-hydrogen) atoms. The number of benzene rings is 2. The van der Waals surface area contributed by atoms with Crippen LogP contribution in [-0.2, 0) is 16.6 Å². The zero-order chi connectivity index (χ0) is 16.2. The molecule has 2 aromatic carbocycles. The normalized spacial score (nSPS) is 11.2. The molecule has 0 radical (unpaired) electrons. The monoisotopic (exact) mass is 316 g/mol. The third-order valence-electron chi connectivity index (χ3n) is 3.08. The molecule has 0 spiro atoms. The first-order valence-corrected chi connectivity index (χ1v) is 8.02. The number of nitriles is 1. The molecular formula is C16H16N2O3S. The van der Waals surface area contributed by atoms with E-state index in [1.54, 1.807) is 48.5 Å². The molecule has 0 unspecified atom stereocenters. The first kappa shape index (κ1) is 16.0. The maximum Gasteiger partial charge on any atom is 0.242 e. The highest BCUT2D eigenvalue weighted by atomic mass is 32.2. The first-order valence-electron chi connectivity index (χ1n) is 6.58. The van der Waals surface area contributed by atoms with Gasteiger partial charge in [0.25, 0.3) is 0 Å². The maximum absolute atomic E-state index is 12.1. The molecule has 0 N–H and O–H groups in total. The van der Waals surface area contributed by atoms with Crippen molar-refractivity contribution in [2.24, 2.45) is 0 Å². The van der Waals surface area contributed by atoms with Gasteiger partial charge in [0.2, 0.25) is 10.0 Å². The van der Waals surface area contributed by atoms with Crippen molar-refractivity contribution < 1.29 is 13.2 Å². The van der Waals surface area contributed by atoms with Crippen molar-refractivity contribution in [1.29, 1.82) is 5.26 Å². The number of ether oxygens (including phenoxy) is 1. The molecule has 0 amide bonds. The number of nitrogens with zero attached hydrogens (tertiary/aromatic N) is 2. The summed E-state index contributed by atoms with van der Waals surface area (Å²) in [6, 6.07) is 15.5. The lowest BCUT2D eigenvalue weighted by Crippen LogP contribution is -2.22. The number of sulfonamides is 1. The summed E-state index contributed by atoms with van der Waals surface area (Å²) in [5.74, 6) is 0.478. The second-order valence-corrected chi connectivity index (χ2v) is 6.98. The summed E-state index contributed by atoms with van der Waals surface area (Å²) in [5.41, 5.74) is 1.16. The smallest absolute Gasteiger partial charge is 0.242 e. The Bertz CT molecular complexity index is 808. The Morgan fingerprint density at radius 2 is 1.86 bits per heavy atom. The van der Waals surface area contributed by atoms with Gasteiger partial charge >= 0.3 is 0 Å². The van der Waals surface area contributed by atoms with Crippen LogP contribution >= 0.6 is 0 Å². The molecule has 0 aliphatic carbocycles. The standard InChI is InChI=1S/C16H16N2O3S/c1-18(2)22(19,20)15-8-5-6-13(10-15)12-21-16-9-4-3-7-14(16)11-17/h3-10H,12H2,1-2H3. The van der Waals surface area contributed by atoms with Crippen LogP contribution in [0.5, 0.6) is 5.75 Å². The van der Waals surface area contributed by atoms with Crippen molar-refractivity contribution in [1.82, 2.24) is 4.31 Å². The van der Waals surface area contributed by atoms with E-state index in [-0.39, 0.29) is 11.5 Å². The quantitative estimate of drug-likeness (QED) is 0.849. The van der Waals surface area contributed by atoms with Gasteiger partial charge < -0.3 is 4.74 Å². The molecule has 0 aliphatic heterocycles. The van der Waals surface area contributed by atoms with E-state index >= 15 is 0 Å². The van der Waals surface area contributed by atoms with Gasteiger partial charge in [0.05, 0.1) is 10.5 Å². The van der Waals surface area contributed by atoms with Gasteiger partial charge in [-0.15, -0.1) is 0 Å². The van der Waals surface area contributed by atoms with Crippen LogP contribution in [0.15, 0.2) is 53.4 Å². The summed E-state index contributed by atoms with van der Waals surface area (Å²) in [7, 11) is -0.494. The van der Waals surface area contributed by atoms with Gasteiger partial charge in [-0.3, -0.25) is 0 Å². The van der Waals surface area contributed by atoms with Gasteiger partial charge in [-0.05, 0) is 29.8 Å². The van der Waals surface area contributed by atoms with Crippen LogP contribution in [0, 0.1) is 11.3 Å². The van der Waals surface area contributed by atoms with Crippen LogP contribution in [0.3, 0.4) is 0 Å². The Kier molecular flexibility index (Phi) is 4.81. The van der Waals surface area contributed by atoms with Crippen LogP contribution < -0.4 is 4.74 Å². The molecule has 0 bridgehead atoms. The summed E-state index contributed by atoms with van der Waals surface area (Å²) in [4.78, 5) is 0.215. The number of rotatable bonds is 5. The minimum atomic E-state index is -3.47. The molecule has 0 atom stereocenters. The van der Waals surface area contributed by atoms with Crippen molar-refractivity contribution in [2.75, 3.05) is 14.1 Å². The minimum Gasteiger partial charge on any atom is -0.488 e. The van der Waals surface area contributed by atoms with Crippen LogP contribution in [-0.4, -0.2) is 26.8 Å². The lowest BCUT2D eigenvalue weighted by molar-refractivity contribution is 0.305. The molecule has 0 fully saturated rings.